The van der Waals surface area contributed by atoms with Crippen LogP contribution in [0, 0.1) is 23.3 Å². The molecular formula is C25H15ClF4N6O2S2. The van der Waals surface area contributed by atoms with Crippen LogP contribution in [0.1, 0.15) is 0 Å². The molecule has 0 aliphatic heterocycles. The number of nitrogens with one attached hydrogen (secondary N) is 2. The number of halogens is 5. The summed E-state index contributed by atoms with van der Waals surface area (Å²) in [4.78, 5) is 16.0. The number of rotatable bonds is 7. The number of hydrogen-bond donors (Lipinski definition) is 2. The quantitative estimate of drug-likeness (QED) is 0.163. The van der Waals surface area contributed by atoms with Gasteiger partial charge in [0, 0.05) is 18.8 Å². The molecule has 0 saturated carbocycles. The molecule has 0 unspecified atom stereocenters. The molecular weight excluding hydrogens is 592 g/mol. The van der Waals surface area contributed by atoms with Crippen molar-refractivity contribution in [1.82, 2.24) is 19.9 Å². The van der Waals surface area contributed by atoms with Crippen molar-refractivity contribution < 1.29 is 26.0 Å². The van der Waals surface area contributed by atoms with Crippen molar-refractivity contribution in [1.29, 1.82) is 0 Å². The topological polar surface area (TPSA) is 110 Å². The molecule has 5 rings (SSSR count). The molecule has 5 aromatic rings. The SMILES string of the molecule is CNc1nccc(-c2sc(-c3ccc(F)cn3)nc2-c2cccc(NS(=O)(=O)c3c(F)ccc(Cl)c3F)c2F)n1. The molecule has 0 aliphatic rings. The van der Waals surface area contributed by atoms with Crippen LogP contribution < -0.4 is 10.0 Å². The Morgan fingerprint density at radius 1 is 0.900 bits per heavy atom. The third kappa shape index (κ3) is 5.20. The zero-order chi connectivity index (χ0) is 28.6. The first-order valence-corrected chi connectivity index (χ1v) is 13.9. The summed E-state index contributed by atoms with van der Waals surface area (Å²) < 4.78 is 85.8. The van der Waals surface area contributed by atoms with Gasteiger partial charge in [0.15, 0.2) is 16.5 Å². The summed E-state index contributed by atoms with van der Waals surface area (Å²) in [6, 6.07) is 9.45. The molecule has 3 heterocycles. The highest BCUT2D eigenvalue weighted by molar-refractivity contribution is 7.92. The standard InChI is InChI=1S/C25H15ClF4N6O2S2/c1-31-25-32-10-9-17(34-25)22-21(35-24(39-22)18-8-5-12(27)11-33-18)13-3-2-4-16(19(13)29)36-40(37,38)23-15(28)7-6-14(26)20(23)30/h2-11,36H,1H3,(H,31,32,34). The highest BCUT2D eigenvalue weighted by Gasteiger charge is 2.28. The van der Waals surface area contributed by atoms with Crippen LogP contribution in [0.3, 0.4) is 0 Å². The van der Waals surface area contributed by atoms with Gasteiger partial charge in [-0.1, -0.05) is 17.7 Å². The fourth-order valence-electron chi connectivity index (χ4n) is 3.64. The molecule has 204 valence electrons. The van der Waals surface area contributed by atoms with Crippen molar-refractivity contribution in [2.75, 3.05) is 17.1 Å². The molecule has 0 amide bonds. The fraction of sp³-hybridized carbons (Fsp3) is 0.0400. The van der Waals surface area contributed by atoms with Gasteiger partial charge in [0.1, 0.15) is 16.6 Å². The van der Waals surface area contributed by atoms with Crippen LogP contribution in [0.15, 0.2) is 65.8 Å². The number of aromatic nitrogens is 4. The lowest BCUT2D eigenvalue weighted by atomic mass is 10.1. The predicted octanol–water partition coefficient (Wildman–Crippen LogP) is 6.38. The second-order valence-corrected chi connectivity index (χ2v) is 11.0. The molecule has 0 aliphatic carbocycles. The smallest absolute Gasteiger partial charge is 0.267 e. The summed E-state index contributed by atoms with van der Waals surface area (Å²) in [6.07, 6.45) is 2.48. The largest absolute Gasteiger partial charge is 0.357 e. The summed E-state index contributed by atoms with van der Waals surface area (Å²) in [6.45, 7) is 0. The minimum absolute atomic E-state index is 0.0607. The first kappa shape index (κ1) is 27.4. The van der Waals surface area contributed by atoms with E-state index in [0.29, 0.717) is 27.3 Å². The minimum atomic E-state index is -4.95. The van der Waals surface area contributed by atoms with E-state index in [0.717, 1.165) is 29.7 Å². The van der Waals surface area contributed by atoms with Gasteiger partial charge < -0.3 is 5.32 Å². The van der Waals surface area contributed by atoms with Gasteiger partial charge in [0.25, 0.3) is 10.0 Å². The highest BCUT2D eigenvalue weighted by Crippen LogP contribution is 2.41. The number of benzene rings is 2. The Bertz CT molecular complexity index is 1850. The number of nitrogens with zero attached hydrogens (tertiary/aromatic N) is 4. The van der Waals surface area contributed by atoms with Crippen molar-refractivity contribution in [3.8, 4) is 32.5 Å². The zero-order valence-electron chi connectivity index (χ0n) is 20.1. The Morgan fingerprint density at radius 3 is 2.42 bits per heavy atom. The third-order valence-corrected chi connectivity index (χ3v) is 8.25. The third-order valence-electron chi connectivity index (χ3n) is 5.45. The van der Waals surface area contributed by atoms with E-state index in [2.05, 4.69) is 25.3 Å². The van der Waals surface area contributed by atoms with Gasteiger partial charge >= 0.3 is 0 Å². The summed E-state index contributed by atoms with van der Waals surface area (Å²) in [5.74, 6) is -4.30. The molecule has 0 fully saturated rings. The van der Waals surface area contributed by atoms with Gasteiger partial charge in [0.2, 0.25) is 5.95 Å². The van der Waals surface area contributed by atoms with Crippen LogP contribution in [-0.2, 0) is 10.0 Å². The molecule has 3 aromatic heterocycles. The van der Waals surface area contributed by atoms with Crippen LogP contribution in [0.4, 0.5) is 29.2 Å². The average molecular weight is 607 g/mol. The van der Waals surface area contributed by atoms with Gasteiger partial charge in [0.05, 0.1) is 38.9 Å². The summed E-state index contributed by atoms with van der Waals surface area (Å²) in [5, 5.41) is 2.47. The first-order valence-electron chi connectivity index (χ1n) is 11.2. The lowest BCUT2D eigenvalue weighted by Crippen LogP contribution is -2.17. The molecule has 0 bridgehead atoms. The summed E-state index contributed by atoms with van der Waals surface area (Å²) in [7, 11) is -3.34. The Kier molecular flexibility index (Phi) is 7.40. The fourth-order valence-corrected chi connectivity index (χ4v) is 6.10. The van der Waals surface area contributed by atoms with E-state index >= 15 is 4.39 Å². The van der Waals surface area contributed by atoms with Crippen molar-refractivity contribution in [3.63, 3.8) is 0 Å². The molecule has 0 atom stereocenters. The summed E-state index contributed by atoms with van der Waals surface area (Å²) >= 11 is 6.72. The van der Waals surface area contributed by atoms with Crippen molar-refractivity contribution >= 4 is 44.6 Å². The maximum Gasteiger partial charge on any atom is 0.267 e. The number of pyridine rings is 1. The maximum absolute atomic E-state index is 15.9. The van der Waals surface area contributed by atoms with Crippen molar-refractivity contribution in [2.45, 2.75) is 4.90 Å². The van der Waals surface area contributed by atoms with Gasteiger partial charge in [-0.05, 0) is 42.5 Å². The second-order valence-electron chi connectivity index (χ2n) is 8.02. The molecule has 0 spiro atoms. The molecule has 0 radical (unpaired) electrons. The molecule has 8 nitrogen and oxygen atoms in total. The lowest BCUT2D eigenvalue weighted by Gasteiger charge is -2.13. The van der Waals surface area contributed by atoms with E-state index < -0.39 is 48.9 Å². The Hall–Kier alpha value is -4.14. The van der Waals surface area contributed by atoms with E-state index in [1.165, 1.54) is 30.5 Å². The van der Waals surface area contributed by atoms with E-state index in [1.807, 2.05) is 4.72 Å². The number of thiazole rings is 1. The Labute approximate surface area is 233 Å². The van der Waals surface area contributed by atoms with E-state index in [4.69, 9.17) is 11.6 Å². The summed E-state index contributed by atoms with van der Waals surface area (Å²) in [5.41, 5.74) is -0.0445. The van der Waals surface area contributed by atoms with Gasteiger partial charge in [-0.15, -0.1) is 11.3 Å². The second kappa shape index (κ2) is 10.8. The van der Waals surface area contributed by atoms with Crippen LogP contribution in [0.5, 0.6) is 0 Å². The normalized spacial score (nSPS) is 11.4. The first-order chi connectivity index (χ1) is 19.1. The van der Waals surface area contributed by atoms with Gasteiger partial charge in [-0.2, -0.15) is 0 Å². The van der Waals surface area contributed by atoms with E-state index in [9.17, 15) is 21.6 Å². The molecule has 15 heteroatoms. The van der Waals surface area contributed by atoms with Crippen LogP contribution in [-0.4, -0.2) is 35.4 Å². The lowest BCUT2D eigenvalue weighted by molar-refractivity contribution is 0.521. The Morgan fingerprint density at radius 2 is 1.70 bits per heavy atom. The van der Waals surface area contributed by atoms with Crippen molar-refractivity contribution in [3.05, 3.63) is 89.2 Å². The van der Waals surface area contributed by atoms with E-state index in [1.54, 1.807) is 13.1 Å². The number of sulfonamides is 1. The Balaban J connectivity index is 1.65. The molecule has 40 heavy (non-hydrogen) atoms. The van der Waals surface area contributed by atoms with Crippen LogP contribution >= 0.6 is 22.9 Å². The number of anilines is 2. The van der Waals surface area contributed by atoms with Crippen LogP contribution in [0.2, 0.25) is 5.02 Å². The van der Waals surface area contributed by atoms with Crippen LogP contribution in [0.25, 0.3) is 32.5 Å². The maximum atomic E-state index is 15.9. The minimum Gasteiger partial charge on any atom is -0.357 e. The number of hydrogen-bond acceptors (Lipinski definition) is 8. The highest BCUT2D eigenvalue weighted by atomic mass is 35.5. The average Bonchev–Trinajstić information content (AvgIpc) is 3.37. The molecule has 0 saturated heterocycles. The van der Waals surface area contributed by atoms with Crippen molar-refractivity contribution in [2.24, 2.45) is 0 Å². The van der Waals surface area contributed by atoms with Gasteiger partial charge in [-0.25, -0.2) is 40.9 Å². The van der Waals surface area contributed by atoms with E-state index in [-0.39, 0.29) is 17.2 Å². The van der Waals surface area contributed by atoms with Gasteiger partial charge in [-0.3, -0.25) is 9.71 Å². The molecule has 2 aromatic carbocycles. The zero-order valence-corrected chi connectivity index (χ0v) is 22.5. The molecule has 2 N–H and O–H groups in total. The predicted molar refractivity (Wildman–Crippen MR) is 143 cm³/mol. The monoisotopic (exact) mass is 606 g/mol.